The van der Waals surface area contributed by atoms with Gasteiger partial charge < -0.3 is 5.32 Å². The van der Waals surface area contributed by atoms with E-state index >= 15 is 0 Å². The van der Waals surface area contributed by atoms with Gasteiger partial charge in [-0.3, -0.25) is 4.68 Å². The second-order valence-corrected chi connectivity index (χ2v) is 5.88. The zero-order valence-corrected chi connectivity index (χ0v) is 13.9. The normalized spacial score (nSPS) is 12.6. The molecule has 2 aromatic rings. The Morgan fingerprint density at radius 3 is 2.55 bits per heavy atom. The van der Waals surface area contributed by atoms with Crippen molar-refractivity contribution in [1.82, 2.24) is 15.1 Å². The van der Waals surface area contributed by atoms with E-state index in [1.165, 1.54) is 11.3 Å². The van der Waals surface area contributed by atoms with Crippen LogP contribution in [0.5, 0.6) is 0 Å². The van der Waals surface area contributed by atoms with Crippen LogP contribution < -0.4 is 5.32 Å². The molecule has 1 heterocycles. The average molecular weight is 336 g/mol. The van der Waals surface area contributed by atoms with Crippen LogP contribution >= 0.6 is 15.9 Å². The van der Waals surface area contributed by atoms with Crippen molar-refractivity contribution in [2.45, 2.75) is 32.7 Å². The predicted octanol–water partition coefficient (Wildman–Crippen LogP) is 3.77. The molecule has 108 valence electrons. The van der Waals surface area contributed by atoms with Gasteiger partial charge in [-0.15, -0.1) is 0 Å². The highest BCUT2D eigenvalue weighted by Gasteiger charge is 2.17. The molecule has 20 heavy (non-hydrogen) atoms. The van der Waals surface area contributed by atoms with Gasteiger partial charge in [0.25, 0.3) is 0 Å². The monoisotopic (exact) mass is 335 g/mol. The van der Waals surface area contributed by atoms with Gasteiger partial charge in [0, 0.05) is 19.5 Å². The Bertz CT molecular complexity index is 548. The molecule has 0 bridgehead atoms. The lowest BCUT2D eigenvalue weighted by molar-refractivity contribution is 0.511. The number of aryl methyl sites for hydroxylation is 2. The maximum atomic E-state index is 4.48. The van der Waals surface area contributed by atoms with E-state index < -0.39 is 0 Å². The highest BCUT2D eigenvalue weighted by atomic mass is 79.9. The third kappa shape index (κ3) is 3.49. The summed E-state index contributed by atoms with van der Waals surface area (Å²) in [5.74, 6) is 0. The second-order valence-electron chi connectivity index (χ2n) is 5.09. The van der Waals surface area contributed by atoms with Crippen LogP contribution in [-0.2, 0) is 13.5 Å². The minimum Gasteiger partial charge on any atom is -0.310 e. The number of nitrogens with one attached hydrogen (secondary N) is 1. The first kappa shape index (κ1) is 15.3. The maximum Gasteiger partial charge on any atom is 0.0738 e. The molecule has 1 atom stereocenters. The van der Waals surface area contributed by atoms with Gasteiger partial charge in [0.05, 0.1) is 15.9 Å². The Morgan fingerprint density at radius 1 is 1.30 bits per heavy atom. The minimum atomic E-state index is 0.322. The second kappa shape index (κ2) is 7.04. The molecule has 1 aromatic heterocycles. The lowest BCUT2D eigenvalue weighted by atomic mass is 10.0. The molecule has 3 nitrogen and oxygen atoms in total. The van der Waals surface area contributed by atoms with Crippen LogP contribution in [0.1, 0.15) is 36.3 Å². The SMILES string of the molecule is CCCNC(Cc1c(Br)c(C)nn1C)c1ccccc1. The Labute approximate surface area is 129 Å². The van der Waals surface area contributed by atoms with Gasteiger partial charge in [0.1, 0.15) is 0 Å². The van der Waals surface area contributed by atoms with Crippen molar-refractivity contribution in [1.29, 1.82) is 0 Å². The van der Waals surface area contributed by atoms with Gasteiger partial charge in [-0.1, -0.05) is 37.3 Å². The molecule has 0 saturated carbocycles. The van der Waals surface area contributed by atoms with Crippen molar-refractivity contribution in [2.24, 2.45) is 7.05 Å². The molecule has 0 aliphatic carbocycles. The maximum absolute atomic E-state index is 4.48. The van der Waals surface area contributed by atoms with Gasteiger partial charge in [-0.25, -0.2) is 0 Å². The van der Waals surface area contributed by atoms with E-state index in [9.17, 15) is 0 Å². The van der Waals surface area contributed by atoms with E-state index in [2.05, 4.69) is 63.6 Å². The minimum absolute atomic E-state index is 0.322. The van der Waals surface area contributed by atoms with Crippen LogP contribution in [0.2, 0.25) is 0 Å². The molecule has 0 spiro atoms. The van der Waals surface area contributed by atoms with E-state index in [4.69, 9.17) is 0 Å². The highest BCUT2D eigenvalue weighted by Crippen LogP contribution is 2.26. The third-order valence-electron chi connectivity index (χ3n) is 3.50. The number of halogens is 1. The fourth-order valence-corrected chi connectivity index (χ4v) is 2.90. The van der Waals surface area contributed by atoms with E-state index in [1.807, 2.05) is 18.7 Å². The molecular weight excluding hydrogens is 314 g/mol. The summed E-state index contributed by atoms with van der Waals surface area (Å²) in [6, 6.07) is 10.9. The summed E-state index contributed by atoms with van der Waals surface area (Å²) >= 11 is 3.66. The number of rotatable bonds is 6. The van der Waals surface area contributed by atoms with Crippen molar-refractivity contribution in [3.8, 4) is 0 Å². The molecule has 1 unspecified atom stereocenters. The molecule has 0 radical (unpaired) electrons. The van der Waals surface area contributed by atoms with Crippen LogP contribution in [0.15, 0.2) is 34.8 Å². The van der Waals surface area contributed by atoms with Crippen LogP contribution in [0.25, 0.3) is 0 Å². The zero-order valence-electron chi connectivity index (χ0n) is 12.4. The number of hydrogen-bond donors (Lipinski definition) is 1. The smallest absolute Gasteiger partial charge is 0.0738 e. The van der Waals surface area contributed by atoms with Crippen molar-refractivity contribution < 1.29 is 0 Å². The molecule has 4 heteroatoms. The fourth-order valence-electron chi connectivity index (χ4n) is 2.41. The third-order valence-corrected chi connectivity index (χ3v) is 4.53. The summed E-state index contributed by atoms with van der Waals surface area (Å²) < 4.78 is 3.10. The molecule has 0 aliphatic rings. The van der Waals surface area contributed by atoms with Gasteiger partial charge in [-0.2, -0.15) is 5.10 Å². The number of nitrogens with zero attached hydrogens (tertiary/aromatic N) is 2. The van der Waals surface area contributed by atoms with Crippen molar-refractivity contribution >= 4 is 15.9 Å². The van der Waals surface area contributed by atoms with Crippen molar-refractivity contribution in [3.63, 3.8) is 0 Å². The molecule has 1 aromatic carbocycles. The summed E-state index contributed by atoms with van der Waals surface area (Å²) in [5.41, 5.74) is 3.61. The highest BCUT2D eigenvalue weighted by molar-refractivity contribution is 9.10. The Balaban J connectivity index is 2.24. The fraction of sp³-hybridized carbons (Fsp3) is 0.438. The quantitative estimate of drug-likeness (QED) is 0.870. The average Bonchev–Trinajstić information content (AvgIpc) is 2.70. The van der Waals surface area contributed by atoms with Crippen LogP contribution in [0.3, 0.4) is 0 Å². The zero-order chi connectivity index (χ0) is 14.5. The van der Waals surface area contributed by atoms with E-state index in [1.54, 1.807) is 0 Å². The van der Waals surface area contributed by atoms with Crippen molar-refractivity contribution in [3.05, 3.63) is 51.8 Å². The van der Waals surface area contributed by atoms with Gasteiger partial charge in [0.2, 0.25) is 0 Å². The van der Waals surface area contributed by atoms with Crippen LogP contribution in [0, 0.1) is 6.92 Å². The lowest BCUT2D eigenvalue weighted by Crippen LogP contribution is -2.25. The van der Waals surface area contributed by atoms with E-state index in [0.29, 0.717) is 6.04 Å². The largest absolute Gasteiger partial charge is 0.310 e. The number of aromatic nitrogens is 2. The topological polar surface area (TPSA) is 29.9 Å². The summed E-state index contributed by atoms with van der Waals surface area (Å²) in [5, 5.41) is 8.12. The van der Waals surface area contributed by atoms with Crippen molar-refractivity contribution in [2.75, 3.05) is 6.54 Å². The van der Waals surface area contributed by atoms with Gasteiger partial charge in [-0.05, 0) is 41.4 Å². The first-order valence-electron chi connectivity index (χ1n) is 7.09. The molecule has 0 saturated heterocycles. The molecule has 0 amide bonds. The Hall–Kier alpha value is -1.13. The lowest BCUT2D eigenvalue weighted by Gasteiger charge is -2.19. The molecule has 0 fully saturated rings. The van der Waals surface area contributed by atoms with Gasteiger partial charge >= 0.3 is 0 Å². The Morgan fingerprint density at radius 2 is 2.00 bits per heavy atom. The van der Waals surface area contributed by atoms with Crippen LogP contribution in [-0.4, -0.2) is 16.3 Å². The summed E-state index contributed by atoms with van der Waals surface area (Å²) in [6.45, 7) is 5.25. The van der Waals surface area contributed by atoms with E-state index in [-0.39, 0.29) is 0 Å². The van der Waals surface area contributed by atoms with E-state index in [0.717, 1.165) is 29.6 Å². The first-order chi connectivity index (χ1) is 9.63. The van der Waals surface area contributed by atoms with Gasteiger partial charge in [0.15, 0.2) is 0 Å². The van der Waals surface area contributed by atoms with Crippen LogP contribution in [0.4, 0.5) is 0 Å². The first-order valence-corrected chi connectivity index (χ1v) is 7.89. The summed E-state index contributed by atoms with van der Waals surface area (Å²) in [4.78, 5) is 0. The standard InChI is InChI=1S/C16H22BrN3/c1-4-10-18-14(13-8-6-5-7-9-13)11-15-16(17)12(2)19-20(15)3/h5-9,14,18H,4,10-11H2,1-3H3. The summed E-state index contributed by atoms with van der Waals surface area (Å²) in [6.07, 6.45) is 2.07. The molecule has 0 aliphatic heterocycles. The molecular formula is C16H22BrN3. The predicted molar refractivity (Wildman–Crippen MR) is 86.8 cm³/mol. The molecule has 2 rings (SSSR count). The Kier molecular flexibility index (Phi) is 5.38. The molecule has 1 N–H and O–H groups in total. The number of hydrogen-bond acceptors (Lipinski definition) is 2. The number of benzene rings is 1. The summed E-state index contributed by atoms with van der Waals surface area (Å²) in [7, 11) is 2.01.